The van der Waals surface area contributed by atoms with Crippen molar-refractivity contribution in [2.45, 2.75) is 12.8 Å². The number of hydrogen-bond acceptors (Lipinski definition) is 3. The Morgan fingerprint density at radius 1 is 1.31 bits per heavy atom. The van der Waals surface area contributed by atoms with E-state index in [1.165, 1.54) is 11.3 Å². The summed E-state index contributed by atoms with van der Waals surface area (Å²) in [6.45, 7) is 7.16. The Morgan fingerprint density at radius 2 is 1.94 bits per heavy atom. The third kappa shape index (κ3) is 3.03. The molecule has 1 aliphatic heterocycles. The van der Waals surface area contributed by atoms with Gasteiger partial charge in [-0.2, -0.15) is 0 Å². The average Bonchev–Trinajstić information content (AvgIpc) is 2.85. The van der Waals surface area contributed by atoms with Gasteiger partial charge in [0.25, 0.3) is 5.91 Å². The van der Waals surface area contributed by atoms with Crippen LogP contribution in [0.2, 0.25) is 0 Å². The maximum atomic E-state index is 11.8. The van der Waals surface area contributed by atoms with E-state index >= 15 is 0 Å². The van der Waals surface area contributed by atoms with Crippen LogP contribution in [-0.4, -0.2) is 29.7 Å². The minimum Gasteiger partial charge on any atom is -0.337 e. The molecule has 1 aromatic rings. The van der Waals surface area contributed by atoms with Gasteiger partial charge in [-0.05, 0) is 11.4 Å². The molecule has 0 spiro atoms. The first kappa shape index (κ1) is 12.6. The molecule has 0 bridgehead atoms. The molecule has 1 fully saturated rings. The van der Waals surface area contributed by atoms with Crippen molar-refractivity contribution < 1.29 is 9.59 Å². The van der Waals surface area contributed by atoms with Crippen LogP contribution in [0.5, 0.6) is 0 Å². The number of piperidine rings is 1. The Bertz CT molecular complexity index is 349. The summed E-state index contributed by atoms with van der Waals surface area (Å²) in [4.78, 5) is 25.3. The van der Waals surface area contributed by atoms with Crippen LogP contribution in [0, 0.1) is 0 Å². The number of amides is 1. The zero-order valence-corrected chi connectivity index (χ0v) is 9.96. The molecule has 2 heterocycles. The highest BCUT2D eigenvalue weighted by molar-refractivity contribution is 7.12. The maximum absolute atomic E-state index is 11.8. The van der Waals surface area contributed by atoms with E-state index in [-0.39, 0.29) is 11.7 Å². The molecule has 16 heavy (non-hydrogen) atoms. The van der Waals surface area contributed by atoms with E-state index in [4.69, 9.17) is 0 Å². The van der Waals surface area contributed by atoms with Crippen molar-refractivity contribution in [3.63, 3.8) is 0 Å². The summed E-state index contributed by atoms with van der Waals surface area (Å²) in [5.74, 6) is 0.327. The number of thiophene rings is 1. The predicted octanol–water partition coefficient (Wildman–Crippen LogP) is 2.36. The van der Waals surface area contributed by atoms with Crippen molar-refractivity contribution in [1.82, 2.24) is 4.90 Å². The number of carbonyl (C=O) groups is 2. The van der Waals surface area contributed by atoms with E-state index in [2.05, 4.69) is 13.2 Å². The van der Waals surface area contributed by atoms with Crippen LogP contribution in [0.4, 0.5) is 0 Å². The lowest BCUT2D eigenvalue weighted by Crippen LogP contribution is -2.38. The number of carbonyl (C=O) groups excluding carboxylic acids is 2. The standard InChI is InChI=1S/C10H11NO2S.C2H4/c12-8-3-5-11(6-4-8)10(13)9-2-1-7-14-9;1-2/h1-2,7H,3-6H2;1-2H2. The lowest BCUT2D eigenvalue weighted by molar-refractivity contribution is -0.120. The van der Waals surface area contributed by atoms with Gasteiger partial charge >= 0.3 is 0 Å². The van der Waals surface area contributed by atoms with Gasteiger partial charge in [0, 0.05) is 25.9 Å². The van der Waals surface area contributed by atoms with E-state index in [0.29, 0.717) is 25.9 Å². The molecule has 0 aromatic carbocycles. The highest BCUT2D eigenvalue weighted by Gasteiger charge is 2.21. The van der Waals surface area contributed by atoms with Crippen molar-refractivity contribution >= 4 is 23.0 Å². The van der Waals surface area contributed by atoms with Crippen LogP contribution < -0.4 is 0 Å². The van der Waals surface area contributed by atoms with Crippen molar-refractivity contribution in [3.8, 4) is 0 Å². The van der Waals surface area contributed by atoms with Gasteiger partial charge in [-0.15, -0.1) is 24.5 Å². The molecule has 1 saturated heterocycles. The second-order valence-electron chi connectivity index (χ2n) is 3.31. The van der Waals surface area contributed by atoms with E-state index in [1.807, 2.05) is 17.5 Å². The molecule has 0 unspecified atom stereocenters. The van der Waals surface area contributed by atoms with Gasteiger partial charge in [-0.3, -0.25) is 9.59 Å². The quantitative estimate of drug-likeness (QED) is 0.703. The Morgan fingerprint density at radius 3 is 2.44 bits per heavy atom. The van der Waals surface area contributed by atoms with Crippen molar-refractivity contribution in [2.75, 3.05) is 13.1 Å². The normalized spacial score (nSPS) is 15.2. The number of Topliss-reactive ketones (excluding diaryl/α,β-unsaturated/α-hetero) is 1. The Labute approximate surface area is 99.4 Å². The molecule has 2 rings (SSSR count). The maximum Gasteiger partial charge on any atom is 0.263 e. The third-order valence-corrected chi connectivity index (χ3v) is 3.20. The molecule has 3 nitrogen and oxygen atoms in total. The summed E-state index contributed by atoms with van der Waals surface area (Å²) in [6, 6.07) is 3.69. The zero-order chi connectivity index (χ0) is 12.0. The second-order valence-corrected chi connectivity index (χ2v) is 4.26. The number of hydrogen-bond donors (Lipinski definition) is 0. The smallest absolute Gasteiger partial charge is 0.263 e. The minimum atomic E-state index is 0.0625. The first-order valence-corrected chi connectivity index (χ1v) is 6.00. The molecule has 86 valence electrons. The molecule has 0 saturated carbocycles. The molecule has 0 N–H and O–H groups in total. The van der Waals surface area contributed by atoms with E-state index in [9.17, 15) is 9.59 Å². The number of likely N-dealkylation sites (tertiary alicyclic amines) is 1. The Kier molecular flexibility index (Phi) is 4.92. The summed E-state index contributed by atoms with van der Waals surface area (Å²) in [5, 5.41) is 1.89. The van der Waals surface area contributed by atoms with Gasteiger partial charge in [-0.1, -0.05) is 6.07 Å². The Hall–Kier alpha value is -1.42. The Balaban J connectivity index is 0.000000606. The van der Waals surface area contributed by atoms with Crippen LogP contribution in [0.25, 0.3) is 0 Å². The summed E-state index contributed by atoms with van der Waals surface area (Å²) in [5.41, 5.74) is 0. The topological polar surface area (TPSA) is 37.4 Å². The average molecular weight is 237 g/mol. The lowest BCUT2D eigenvalue weighted by atomic mass is 10.1. The molecule has 0 radical (unpaired) electrons. The van der Waals surface area contributed by atoms with Crippen molar-refractivity contribution in [1.29, 1.82) is 0 Å². The molecule has 4 heteroatoms. The van der Waals surface area contributed by atoms with Crippen LogP contribution in [0.1, 0.15) is 22.5 Å². The van der Waals surface area contributed by atoms with Crippen LogP contribution in [0.3, 0.4) is 0 Å². The second kappa shape index (κ2) is 6.23. The largest absolute Gasteiger partial charge is 0.337 e. The van der Waals surface area contributed by atoms with Crippen molar-refractivity contribution in [2.24, 2.45) is 0 Å². The first-order chi connectivity index (χ1) is 7.77. The number of ketones is 1. The fraction of sp³-hybridized carbons (Fsp3) is 0.333. The number of rotatable bonds is 1. The van der Waals surface area contributed by atoms with Gasteiger partial charge in [0.05, 0.1) is 4.88 Å². The number of nitrogens with zero attached hydrogens (tertiary/aromatic N) is 1. The summed E-state index contributed by atoms with van der Waals surface area (Å²) >= 11 is 1.45. The molecular weight excluding hydrogens is 222 g/mol. The van der Waals surface area contributed by atoms with E-state index in [0.717, 1.165) is 4.88 Å². The third-order valence-electron chi connectivity index (χ3n) is 2.34. The van der Waals surface area contributed by atoms with Gasteiger partial charge in [0.15, 0.2) is 0 Å². The van der Waals surface area contributed by atoms with Gasteiger partial charge in [-0.25, -0.2) is 0 Å². The van der Waals surface area contributed by atoms with Crippen LogP contribution >= 0.6 is 11.3 Å². The molecule has 0 aliphatic carbocycles. The van der Waals surface area contributed by atoms with Gasteiger partial charge in [0.1, 0.15) is 5.78 Å². The van der Waals surface area contributed by atoms with Gasteiger partial charge in [0.2, 0.25) is 0 Å². The van der Waals surface area contributed by atoms with Gasteiger partial charge < -0.3 is 4.90 Å². The lowest BCUT2D eigenvalue weighted by Gasteiger charge is -2.25. The minimum absolute atomic E-state index is 0.0625. The predicted molar refractivity (Wildman–Crippen MR) is 65.7 cm³/mol. The van der Waals surface area contributed by atoms with Crippen LogP contribution in [-0.2, 0) is 4.79 Å². The zero-order valence-electron chi connectivity index (χ0n) is 9.15. The summed E-state index contributed by atoms with van der Waals surface area (Å²) in [7, 11) is 0. The van der Waals surface area contributed by atoms with Crippen molar-refractivity contribution in [3.05, 3.63) is 35.5 Å². The van der Waals surface area contributed by atoms with E-state index < -0.39 is 0 Å². The molecule has 1 amide bonds. The monoisotopic (exact) mass is 237 g/mol. The molecule has 1 aromatic heterocycles. The highest BCUT2D eigenvalue weighted by Crippen LogP contribution is 2.15. The molecule has 1 aliphatic rings. The van der Waals surface area contributed by atoms with Crippen LogP contribution in [0.15, 0.2) is 30.7 Å². The fourth-order valence-electron chi connectivity index (χ4n) is 1.52. The van der Waals surface area contributed by atoms with E-state index in [1.54, 1.807) is 4.90 Å². The summed E-state index contributed by atoms with van der Waals surface area (Å²) < 4.78 is 0. The molecular formula is C12H15NO2S. The first-order valence-electron chi connectivity index (χ1n) is 5.12. The highest BCUT2D eigenvalue weighted by atomic mass is 32.1. The fourth-order valence-corrected chi connectivity index (χ4v) is 2.21. The SMILES string of the molecule is C=C.O=C1CCN(C(=O)c2cccs2)CC1. The molecule has 0 atom stereocenters. The summed E-state index contributed by atoms with van der Waals surface area (Å²) in [6.07, 6.45) is 1.02.